The van der Waals surface area contributed by atoms with Crippen LogP contribution < -0.4 is 0 Å². The number of carbonyl (C=O) groups excluding carboxylic acids is 1. The molecule has 218 valence electrons. The van der Waals surface area contributed by atoms with Crippen LogP contribution in [0.3, 0.4) is 0 Å². The fourth-order valence-electron chi connectivity index (χ4n) is 6.94. The van der Waals surface area contributed by atoms with E-state index in [1.54, 1.807) is 23.4 Å². The Bertz CT molecular complexity index is 1410. The van der Waals surface area contributed by atoms with E-state index in [1.807, 2.05) is 6.07 Å². The summed E-state index contributed by atoms with van der Waals surface area (Å²) in [5.41, 5.74) is 1.78. The van der Waals surface area contributed by atoms with Gasteiger partial charge in [-0.3, -0.25) is 4.79 Å². The number of hydrogen-bond acceptors (Lipinski definition) is 6. The van der Waals surface area contributed by atoms with E-state index in [4.69, 9.17) is 11.6 Å². The van der Waals surface area contributed by atoms with E-state index in [9.17, 15) is 21.6 Å². The molecular formula is C29H38ClN3O5S2. The summed E-state index contributed by atoms with van der Waals surface area (Å²) in [6, 6.07) is 15.3. The first-order valence-corrected chi connectivity index (χ1v) is 17.7. The first kappa shape index (κ1) is 29.5. The topological polar surface area (TPSA) is 95.1 Å². The Morgan fingerprint density at radius 1 is 0.925 bits per heavy atom. The van der Waals surface area contributed by atoms with Crippen molar-refractivity contribution < 1.29 is 21.6 Å². The second-order valence-electron chi connectivity index (χ2n) is 11.6. The van der Waals surface area contributed by atoms with E-state index in [2.05, 4.69) is 29.2 Å². The number of piperidine rings is 1. The summed E-state index contributed by atoms with van der Waals surface area (Å²) in [4.78, 5) is 17.0. The molecule has 0 bridgehead atoms. The van der Waals surface area contributed by atoms with Crippen LogP contribution in [0.5, 0.6) is 0 Å². The van der Waals surface area contributed by atoms with Gasteiger partial charge in [0.25, 0.3) is 9.84 Å². The Morgan fingerprint density at radius 3 is 2.12 bits per heavy atom. The smallest absolute Gasteiger partial charge is 0.328 e. The molecule has 2 aromatic carbocycles. The summed E-state index contributed by atoms with van der Waals surface area (Å²) < 4.78 is 51.9. The van der Waals surface area contributed by atoms with E-state index >= 15 is 0 Å². The van der Waals surface area contributed by atoms with Gasteiger partial charge in [-0.1, -0.05) is 54.1 Å². The zero-order valence-electron chi connectivity index (χ0n) is 23.1. The van der Waals surface area contributed by atoms with Crippen LogP contribution in [0.2, 0.25) is 5.02 Å². The Hall–Kier alpha value is -1.98. The number of hydrogen-bond donors (Lipinski definition) is 0. The molecule has 40 heavy (non-hydrogen) atoms. The largest absolute Gasteiger partial charge is 0.343 e. The lowest BCUT2D eigenvalue weighted by molar-refractivity contribution is 0.209. The number of carbonyl (C=O) groups is 1. The molecule has 3 saturated heterocycles. The van der Waals surface area contributed by atoms with Crippen LogP contribution in [0, 0.1) is 24.7 Å². The second-order valence-corrected chi connectivity index (χ2v) is 15.8. The Kier molecular flexibility index (Phi) is 8.65. The van der Waals surface area contributed by atoms with Gasteiger partial charge in [-0.25, -0.2) is 21.1 Å². The fraction of sp³-hybridized carbons (Fsp3) is 0.552. The third kappa shape index (κ3) is 6.11. The number of fused-ring (bicyclic) bond motifs is 1. The Balaban J connectivity index is 1.19. The van der Waals surface area contributed by atoms with Gasteiger partial charge in [0.15, 0.2) is 0 Å². The summed E-state index contributed by atoms with van der Waals surface area (Å²) in [5.74, 6) is 1.28. The van der Waals surface area contributed by atoms with E-state index in [0.717, 1.165) is 38.9 Å². The van der Waals surface area contributed by atoms with Crippen LogP contribution in [0.15, 0.2) is 53.4 Å². The van der Waals surface area contributed by atoms with E-state index in [0.29, 0.717) is 43.6 Å². The van der Waals surface area contributed by atoms with E-state index in [1.165, 1.54) is 22.8 Å². The molecule has 3 aliphatic rings. The standard InChI is InChI=1S/C29H38ClN3O5S2/c1-21-7-6-10-27(30)28(21)40(37,38)29(34)32-19-24-17-31(18-25(24)20-32)14-13-26(22-8-4-3-5-9-22)23-11-15-33(16-12-23)39(2,35)36/h3-10,23-26H,11-20H2,1-2H3/t24-,25+,26?. The van der Waals surface area contributed by atoms with E-state index < -0.39 is 25.1 Å². The van der Waals surface area contributed by atoms with Crippen molar-refractivity contribution in [1.29, 1.82) is 0 Å². The minimum atomic E-state index is -4.21. The number of halogens is 1. The number of benzene rings is 2. The van der Waals surface area contributed by atoms with Gasteiger partial charge in [0.1, 0.15) is 0 Å². The van der Waals surface area contributed by atoms with Crippen LogP contribution in [0.4, 0.5) is 4.79 Å². The molecule has 0 N–H and O–H groups in total. The molecule has 3 aliphatic heterocycles. The summed E-state index contributed by atoms with van der Waals surface area (Å²) in [6.45, 7) is 6.28. The predicted octanol–water partition coefficient (Wildman–Crippen LogP) is 4.25. The van der Waals surface area contributed by atoms with Gasteiger partial charge < -0.3 is 9.80 Å². The van der Waals surface area contributed by atoms with Gasteiger partial charge in [-0.2, -0.15) is 0 Å². The number of aryl methyl sites for hydroxylation is 1. The van der Waals surface area contributed by atoms with Crippen molar-refractivity contribution in [2.45, 2.75) is 37.0 Å². The third-order valence-electron chi connectivity index (χ3n) is 9.00. The SMILES string of the molecule is Cc1cccc(Cl)c1S(=O)(=O)C(=O)N1C[C@H]2CN(CCC(c3ccccc3)C3CCN(S(C)(=O)=O)CC3)C[C@H]2C1. The molecule has 2 aromatic rings. The maximum absolute atomic E-state index is 13.2. The highest BCUT2D eigenvalue weighted by molar-refractivity contribution is 8.06. The maximum atomic E-state index is 13.2. The van der Waals surface area contributed by atoms with Gasteiger partial charge >= 0.3 is 5.24 Å². The lowest BCUT2D eigenvalue weighted by Crippen LogP contribution is -2.39. The summed E-state index contributed by atoms with van der Waals surface area (Å²) in [6.07, 6.45) is 3.98. The van der Waals surface area contributed by atoms with Crippen molar-refractivity contribution in [3.05, 3.63) is 64.7 Å². The van der Waals surface area contributed by atoms with E-state index in [-0.39, 0.29) is 21.8 Å². The number of amides is 1. The Labute approximate surface area is 243 Å². The van der Waals surface area contributed by atoms with Gasteiger partial charge in [0, 0.05) is 39.3 Å². The van der Waals surface area contributed by atoms with Crippen molar-refractivity contribution >= 4 is 36.7 Å². The zero-order valence-corrected chi connectivity index (χ0v) is 25.5. The van der Waals surface area contributed by atoms with Crippen LogP contribution in [0.1, 0.15) is 36.3 Å². The molecular weight excluding hydrogens is 570 g/mol. The molecule has 3 atom stereocenters. The Morgan fingerprint density at radius 2 is 1.55 bits per heavy atom. The van der Waals surface area contributed by atoms with Crippen LogP contribution in [-0.4, -0.2) is 88.2 Å². The first-order chi connectivity index (χ1) is 18.9. The lowest BCUT2D eigenvalue weighted by Gasteiger charge is -2.36. The minimum absolute atomic E-state index is 0.0777. The molecule has 0 spiro atoms. The second kappa shape index (κ2) is 11.7. The number of sulfone groups is 1. The average Bonchev–Trinajstić information content (AvgIpc) is 3.47. The predicted molar refractivity (Wildman–Crippen MR) is 157 cm³/mol. The molecule has 0 radical (unpaired) electrons. The molecule has 1 amide bonds. The van der Waals surface area contributed by atoms with Crippen molar-refractivity contribution in [2.75, 3.05) is 52.1 Å². The molecule has 3 fully saturated rings. The quantitative estimate of drug-likeness (QED) is 0.467. The van der Waals surface area contributed by atoms with Crippen LogP contribution >= 0.6 is 11.6 Å². The first-order valence-electron chi connectivity index (χ1n) is 14.0. The minimum Gasteiger partial charge on any atom is -0.328 e. The van der Waals surface area contributed by atoms with Gasteiger partial charge in [0.2, 0.25) is 10.0 Å². The van der Waals surface area contributed by atoms with Crippen LogP contribution in [0.25, 0.3) is 0 Å². The van der Waals surface area contributed by atoms with Gasteiger partial charge in [-0.15, -0.1) is 0 Å². The molecule has 1 unspecified atom stereocenters. The summed E-state index contributed by atoms with van der Waals surface area (Å²) in [7, 11) is -7.37. The summed E-state index contributed by atoms with van der Waals surface area (Å²) in [5, 5.41) is -0.775. The van der Waals surface area contributed by atoms with Crippen molar-refractivity contribution in [2.24, 2.45) is 17.8 Å². The van der Waals surface area contributed by atoms with Gasteiger partial charge in [-0.05, 0) is 73.6 Å². The van der Waals surface area contributed by atoms with Gasteiger partial charge in [0.05, 0.1) is 16.2 Å². The average molecular weight is 608 g/mol. The molecule has 8 nitrogen and oxygen atoms in total. The number of sulfonamides is 1. The molecule has 0 aromatic heterocycles. The highest BCUT2D eigenvalue weighted by Crippen LogP contribution is 2.38. The zero-order chi connectivity index (χ0) is 28.7. The van der Waals surface area contributed by atoms with Crippen molar-refractivity contribution in [1.82, 2.24) is 14.1 Å². The van der Waals surface area contributed by atoms with Crippen molar-refractivity contribution in [3.63, 3.8) is 0 Å². The number of rotatable bonds is 7. The monoisotopic (exact) mass is 607 g/mol. The molecule has 0 aliphatic carbocycles. The number of nitrogens with zero attached hydrogens (tertiary/aromatic N) is 3. The molecule has 5 rings (SSSR count). The normalized spacial score (nSPS) is 23.8. The fourth-order valence-corrected chi connectivity index (χ4v) is 9.82. The third-order valence-corrected chi connectivity index (χ3v) is 12.5. The highest BCUT2D eigenvalue weighted by Gasteiger charge is 2.45. The maximum Gasteiger partial charge on any atom is 0.343 e. The molecule has 11 heteroatoms. The van der Waals surface area contributed by atoms with Crippen LogP contribution in [-0.2, 0) is 19.9 Å². The lowest BCUT2D eigenvalue weighted by atomic mass is 9.78. The van der Waals surface area contributed by atoms with Crippen molar-refractivity contribution in [3.8, 4) is 0 Å². The summed E-state index contributed by atoms with van der Waals surface area (Å²) >= 11 is 6.18. The number of likely N-dealkylation sites (tertiary alicyclic amines) is 2. The molecule has 3 heterocycles. The molecule has 0 saturated carbocycles. The highest BCUT2D eigenvalue weighted by atomic mass is 35.5.